The number of alkyl halides is 2. The zero-order chi connectivity index (χ0) is 13.9. The fourth-order valence-electron chi connectivity index (χ4n) is 2.43. The molecule has 1 aromatic rings. The largest absolute Gasteiger partial charge is 0.481 e. The Morgan fingerprint density at radius 1 is 1.42 bits per heavy atom. The van der Waals surface area contributed by atoms with E-state index in [-0.39, 0.29) is 18.8 Å². The monoisotopic (exact) mass is 272 g/mol. The normalized spacial score (nSPS) is 21.1. The van der Waals surface area contributed by atoms with Crippen LogP contribution in [0.4, 0.5) is 8.78 Å². The minimum atomic E-state index is -2.56. The Balaban J connectivity index is 1.92. The highest BCUT2D eigenvalue weighted by Gasteiger charge is 2.37. The fraction of sp³-hybridized carbons (Fsp3) is 0.692. The summed E-state index contributed by atoms with van der Waals surface area (Å²) in [6.45, 7) is 0. The number of rotatable bonds is 4. The molecule has 1 saturated carbocycles. The maximum atomic E-state index is 13.0. The van der Waals surface area contributed by atoms with E-state index in [0.29, 0.717) is 30.8 Å². The van der Waals surface area contributed by atoms with Crippen LogP contribution in [0.3, 0.4) is 0 Å². The van der Waals surface area contributed by atoms with Gasteiger partial charge in [-0.15, -0.1) is 0 Å². The van der Waals surface area contributed by atoms with Crippen molar-refractivity contribution in [3.05, 3.63) is 18.1 Å². The van der Waals surface area contributed by atoms with E-state index in [2.05, 4.69) is 9.97 Å². The molecule has 0 saturated heterocycles. The number of aromatic nitrogens is 2. The van der Waals surface area contributed by atoms with Gasteiger partial charge in [0.05, 0.1) is 18.9 Å². The van der Waals surface area contributed by atoms with Gasteiger partial charge < -0.3 is 9.84 Å². The molecule has 1 heterocycles. The van der Waals surface area contributed by atoms with Crippen molar-refractivity contribution in [1.29, 1.82) is 0 Å². The van der Waals surface area contributed by atoms with E-state index in [1.54, 1.807) is 6.07 Å². The highest BCUT2D eigenvalue weighted by molar-refractivity contribution is 5.14. The van der Waals surface area contributed by atoms with Gasteiger partial charge in [0, 0.05) is 25.3 Å². The van der Waals surface area contributed by atoms with Gasteiger partial charge in [-0.05, 0) is 18.8 Å². The number of aliphatic hydroxyl groups excluding tert-OH is 1. The van der Waals surface area contributed by atoms with Crippen LogP contribution < -0.4 is 4.74 Å². The molecule has 1 aliphatic rings. The predicted octanol–water partition coefficient (Wildman–Crippen LogP) is 2.21. The summed E-state index contributed by atoms with van der Waals surface area (Å²) in [6.07, 6.45) is 1.51. The highest BCUT2D eigenvalue weighted by Crippen LogP contribution is 2.37. The Morgan fingerprint density at radius 3 is 2.74 bits per heavy atom. The molecule has 1 aliphatic carbocycles. The molecule has 6 heteroatoms. The quantitative estimate of drug-likeness (QED) is 0.913. The number of methoxy groups -OCH3 is 1. The number of hydrogen-bond acceptors (Lipinski definition) is 4. The van der Waals surface area contributed by atoms with Gasteiger partial charge in [-0.1, -0.05) is 0 Å². The first-order chi connectivity index (χ1) is 9.00. The van der Waals surface area contributed by atoms with Crippen molar-refractivity contribution in [2.24, 2.45) is 5.92 Å². The summed E-state index contributed by atoms with van der Waals surface area (Å²) in [6, 6.07) is 1.65. The van der Waals surface area contributed by atoms with Crippen LogP contribution >= 0.6 is 0 Å². The highest BCUT2D eigenvalue weighted by atomic mass is 19.3. The second-order valence-electron chi connectivity index (χ2n) is 5.02. The third-order valence-corrected chi connectivity index (χ3v) is 3.63. The molecule has 0 aliphatic heterocycles. The Hall–Kier alpha value is -1.30. The summed E-state index contributed by atoms with van der Waals surface area (Å²) < 4.78 is 31.1. The Morgan fingerprint density at radius 2 is 2.11 bits per heavy atom. The van der Waals surface area contributed by atoms with Crippen LogP contribution in [0.5, 0.6) is 5.88 Å². The SMILES string of the molecule is COc1cc(CC(O)C2CCC(F)(F)CC2)ncn1. The molecule has 1 fully saturated rings. The fourth-order valence-corrected chi connectivity index (χ4v) is 2.43. The molecule has 1 aromatic heterocycles. The summed E-state index contributed by atoms with van der Waals surface area (Å²) in [5.41, 5.74) is 0.664. The molecule has 0 aromatic carbocycles. The number of aliphatic hydroxyl groups is 1. The molecule has 2 rings (SSSR count). The minimum absolute atomic E-state index is 0.0828. The molecule has 0 spiro atoms. The number of hydrogen-bond donors (Lipinski definition) is 1. The summed E-state index contributed by atoms with van der Waals surface area (Å²) in [4.78, 5) is 7.93. The number of halogens is 2. The second kappa shape index (κ2) is 5.77. The van der Waals surface area contributed by atoms with E-state index < -0.39 is 12.0 Å². The summed E-state index contributed by atoms with van der Waals surface area (Å²) in [7, 11) is 1.51. The van der Waals surface area contributed by atoms with E-state index in [4.69, 9.17) is 4.74 Å². The van der Waals surface area contributed by atoms with Crippen LogP contribution in [0.2, 0.25) is 0 Å². The lowest BCUT2D eigenvalue weighted by Gasteiger charge is -2.31. The third-order valence-electron chi connectivity index (χ3n) is 3.63. The van der Waals surface area contributed by atoms with E-state index in [1.165, 1.54) is 13.4 Å². The summed E-state index contributed by atoms with van der Waals surface area (Å²) >= 11 is 0. The molecule has 0 bridgehead atoms. The van der Waals surface area contributed by atoms with Gasteiger partial charge in [0.1, 0.15) is 6.33 Å². The smallest absolute Gasteiger partial charge is 0.248 e. The number of nitrogens with zero attached hydrogens (tertiary/aromatic N) is 2. The van der Waals surface area contributed by atoms with Crippen molar-refractivity contribution >= 4 is 0 Å². The average Bonchev–Trinajstić information content (AvgIpc) is 2.38. The molecular weight excluding hydrogens is 254 g/mol. The first-order valence-corrected chi connectivity index (χ1v) is 6.41. The van der Waals surface area contributed by atoms with Crippen molar-refractivity contribution in [1.82, 2.24) is 9.97 Å². The van der Waals surface area contributed by atoms with Crippen LogP contribution in [0, 0.1) is 5.92 Å². The van der Waals surface area contributed by atoms with Crippen LogP contribution in [0.15, 0.2) is 12.4 Å². The van der Waals surface area contributed by atoms with Gasteiger partial charge in [-0.3, -0.25) is 0 Å². The zero-order valence-electron chi connectivity index (χ0n) is 10.9. The lowest BCUT2D eigenvalue weighted by molar-refractivity contribution is -0.0620. The van der Waals surface area contributed by atoms with Gasteiger partial charge in [0.15, 0.2) is 0 Å². The van der Waals surface area contributed by atoms with Crippen molar-refractivity contribution < 1.29 is 18.6 Å². The van der Waals surface area contributed by atoms with E-state index in [1.807, 2.05) is 0 Å². The van der Waals surface area contributed by atoms with Crippen molar-refractivity contribution in [2.45, 2.75) is 44.1 Å². The molecule has 4 nitrogen and oxygen atoms in total. The number of ether oxygens (including phenoxy) is 1. The Kier molecular flexibility index (Phi) is 4.29. The van der Waals surface area contributed by atoms with Crippen molar-refractivity contribution in [3.63, 3.8) is 0 Å². The average molecular weight is 272 g/mol. The molecule has 1 atom stereocenters. The van der Waals surface area contributed by atoms with Crippen LogP contribution in [-0.2, 0) is 6.42 Å². The summed E-state index contributed by atoms with van der Waals surface area (Å²) in [5, 5.41) is 10.1. The van der Waals surface area contributed by atoms with Gasteiger partial charge >= 0.3 is 0 Å². The van der Waals surface area contributed by atoms with Gasteiger partial charge in [-0.25, -0.2) is 18.7 Å². The molecule has 1 unspecified atom stereocenters. The van der Waals surface area contributed by atoms with Crippen LogP contribution in [0.1, 0.15) is 31.4 Å². The standard InChI is InChI=1S/C13H18F2N2O2/c1-19-12-7-10(16-8-17-12)6-11(18)9-2-4-13(14,15)5-3-9/h7-9,11,18H,2-6H2,1H3. The first kappa shape index (κ1) is 14.1. The first-order valence-electron chi connectivity index (χ1n) is 6.41. The molecule has 0 radical (unpaired) electrons. The molecule has 106 valence electrons. The Bertz CT molecular complexity index is 419. The minimum Gasteiger partial charge on any atom is -0.481 e. The van der Waals surface area contributed by atoms with Crippen LogP contribution in [-0.4, -0.2) is 34.2 Å². The van der Waals surface area contributed by atoms with Crippen molar-refractivity contribution in [3.8, 4) is 5.88 Å². The Labute approximate surface area is 110 Å². The van der Waals surface area contributed by atoms with Gasteiger partial charge in [0.2, 0.25) is 11.8 Å². The third kappa shape index (κ3) is 3.83. The second-order valence-corrected chi connectivity index (χ2v) is 5.02. The van der Waals surface area contributed by atoms with E-state index in [9.17, 15) is 13.9 Å². The maximum Gasteiger partial charge on any atom is 0.248 e. The maximum absolute atomic E-state index is 13.0. The predicted molar refractivity (Wildman–Crippen MR) is 65.2 cm³/mol. The molecule has 19 heavy (non-hydrogen) atoms. The van der Waals surface area contributed by atoms with Gasteiger partial charge in [-0.2, -0.15) is 0 Å². The summed E-state index contributed by atoms with van der Waals surface area (Å²) in [5.74, 6) is -2.21. The molecular formula is C13H18F2N2O2. The zero-order valence-corrected chi connectivity index (χ0v) is 10.9. The topological polar surface area (TPSA) is 55.2 Å². The molecule has 0 amide bonds. The van der Waals surface area contributed by atoms with E-state index in [0.717, 1.165) is 0 Å². The van der Waals surface area contributed by atoms with Crippen molar-refractivity contribution in [2.75, 3.05) is 7.11 Å². The molecule has 1 N–H and O–H groups in total. The lowest BCUT2D eigenvalue weighted by Crippen LogP contribution is -2.32. The van der Waals surface area contributed by atoms with Crippen LogP contribution in [0.25, 0.3) is 0 Å². The van der Waals surface area contributed by atoms with Gasteiger partial charge in [0.25, 0.3) is 0 Å². The van der Waals surface area contributed by atoms with E-state index >= 15 is 0 Å². The lowest BCUT2D eigenvalue weighted by atomic mass is 9.82.